The molecule has 0 unspecified atom stereocenters. The maximum Gasteiger partial charge on any atom is 0.131 e. The first-order valence-electron chi connectivity index (χ1n) is 13.2. The molecule has 0 bridgehead atoms. The molecular weight excluding hydrogens is 571 g/mol. The van der Waals surface area contributed by atoms with Gasteiger partial charge in [-0.25, -0.2) is 0 Å². The third-order valence-electron chi connectivity index (χ3n) is 6.50. The topological polar surface area (TPSA) is 50.8 Å². The van der Waals surface area contributed by atoms with Crippen molar-refractivity contribution in [2.24, 2.45) is 0 Å². The zero-order valence-electron chi connectivity index (χ0n) is 22.3. The van der Waals surface area contributed by atoms with Crippen molar-refractivity contribution in [3.63, 3.8) is 0 Å². The lowest BCUT2D eigenvalue weighted by Gasteiger charge is -2.25. The van der Waals surface area contributed by atoms with E-state index in [9.17, 15) is 0 Å². The van der Waals surface area contributed by atoms with E-state index in [0.29, 0.717) is 0 Å². The second-order valence-electron chi connectivity index (χ2n) is 9.27. The zero-order chi connectivity index (χ0) is 28.7. The molecule has 0 amide bonds. The number of nitrogens with zero attached hydrogens (tertiary/aromatic N) is 3. The minimum absolute atomic E-state index is 0.116. The fraction of sp³-hybridized carbons (Fsp3) is 0. The summed E-state index contributed by atoms with van der Waals surface area (Å²) in [7, 11) is 0. The quantitative estimate of drug-likeness (QED) is 0.165. The van der Waals surface area contributed by atoms with Crippen molar-refractivity contribution in [2.75, 3.05) is 4.90 Å². The van der Waals surface area contributed by atoms with Crippen molar-refractivity contribution in [1.29, 1.82) is 10.5 Å². The molecule has 0 N–H and O–H groups in total. The Labute approximate surface area is 257 Å². The number of nitriles is 2. The van der Waals surface area contributed by atoms with Crippen LogP contribution in [0.5, 0.6) is 0 Å². The molecule has 0 saturated heterocycles. The Kier molecular flexibility index (Phi) is 8.21. The van der Waals surface area contributed by atoms with Crippen LogP contribution in [0.3, 0.4) is 0 Å². The normalized spacial score (nSPS) is 10.7. The van der Waals surface area contributed by atoms with E-state index >= 15 is 0 Å². The molecule has 0 aliphatic carbocycles. The Morgan fingerprint density at radius 2 is 0.952 bits per heavy atom. The fourth-order valence-electron chi connectivity index (χ4n) is 4.51. The van der Waals surface area contributed by atoms with Gasteiger partial charge in [0, 0.05) is 46.3 Å². The maximum atomic E-state index is 9.00. The van der Waals surface area contributed by atoms with Crippen LogP contribution in [0.2, 0.25) is 0 Å². The first kappa shape index (κ1) is 27.2. The lowest BCUT2D eigenvalue weighted by Crippen LogP contribution is -2.09. The first-order valence-corrected chi connectivity index (χ1v) is 15.7. The van der Waals surface area contributed by atoms with Crippen LogP contribution in [0.1, 0.15) is 14.6 Å². The minimum Gasteiger partial charge on any atom is -0.311 e. The van der Waals surface area contributed by atoms with Gasteiger partial charge in [-0.1, -0.05) is 48.5 Å². The largest absolute Gasteiger partial charge is 0.311 e. The second-order valence-corrected chi connectivity index (χ2v) is 12.6. The smallest absolute Gasteiger partial charge is 0.131 e. The van der Waals surface area contributed by atoms with Crippen molar-refractivity contribution in [3.05, 3.63) is 142 Å². The average molecular weight is 594 g/mol. The van der Waals surface area contributed by atoms with Crippen LogP contribution < -0.4 is 4.90 Å². The molecular formula is C36H23N3S3. The summed E-state index contributed by atoms with van der Waals surface area (Å²) < 4.78 is 0. The molecule has 0 spiro atoms. The van der Waals surface area contributed by atoms with E-state index in [0.717, 1.165) is 26.8 Å². The molecule has 0 fully saturated rings. The SMILES string of the molecule is N#CC(C#N)=Cc1ccc(-c2ccc(/C=C/c3ccc(-c4ccc(N(c5ccccc5)c5ccccc5)cc4)s3)s2)s1. The summed E-state index contributed by atoms with van der Waals surface area (Å²) in [5, 5.41) is 18.0. The average Bonchev–Trinajstić information content (AvgIpc) is 3.82. The van der Waals surface area contributed by atoms with Crippen LogP contribution in [-0.2, 0) is 0 Å². The monoisotopic (exact) mass is 593 g/mol. The molecule has 0 aliphatic heterocycles. The summed E-state index contributed by atoms with van der Waals surface area (Å²) in [4.78, 5) is 9.07. The summed E-state index contributed by atoms with van der Waals surface area (Å²) in [6.07, 6.45) is 5.95. The number of thiophene rings is 3. The minimum atomic E-state index is 0.116. The van der Waals surface area contributed by atoms with E-state index in [1.165, 1.54) is 25.1 Å². The molecule has 6 heteroatoms. The van der Waals surface area contributed by atoms with Crippen molar-refractivity contribution < 1.29 is 0 Å². The molecule has 42 heavy (non-hydrogen) atoms. The van der Waals surface area contributed by atoms with Gasteiger partial charge >= 0.3 is 0 Å². The van der Waals surface area contributed by atoms with Gasteiger partial charge < -0.3 is 4.90 Å². The molecule has 6 rings (SSSR count). The van der Waals surface area contributed by atoms with E-state index in [2.05, 4.69) is 114 Å². The Bertz CT molecular complexity index is 1890. The zero-order valence-corrected chi connectivity index (χ0v) is 24.8. The van der Waals surface area contributed by atoms with Gasteiger partial charge in [0.1, 0.15) is 17.7 Å². The molecule has 3 nitrogen and oxygen atoms in total. The van der Waals surface area contributed by atoms with Gasteiger partial charge in [0.05, 0.1) is 0 Å². The van der Waals surface area contributed by atoms with Gasteiger partial charge in [-0.3, -0.25) is 0 Å². The fourth-order valence-corrected chi connectivity index (χ4v) is 7.38. The van der Waals surface area contributed by atoms with Crippen molar-refractivity contribution in [2.45, 2.75) is 0 Å². The third-order valence-corrected chi connectivity index (χ3v) is 9.88. The standard InChI is InChI=1S/C36H23N3S3/c37-24-26(25-38)23-33-19-22-36(42-33)35-21-18-32(41-35)16-15-31-17-20-34(40-31)27-11-13-30(14-12-27)39(28-7-3-1-4-8-28)29-9-5-2-6-10-29/h1-23H/b16-15+. The van der Waals surface area contributed by atoms with Gasteiger partial charge in [0.15, 0.2) is 0 Å². The number of anilines is 3. The predicted octanol–water partition coefficient (Wildman–Crippen LogP) is 11.3. The summed E-state index contributed by atoms with van der Waals surface area (Å²) in [6, 6.07) is 46.1. The van der Waals surface area contributed by atoms with Crippen LogP contribution in [0.25, 0.3) is 38.4 Å². The third kappa shape index (κ3) is 6.17. The number of hydrogen-bond donors (Lipinski definition) is 0. The summed E-state index contributed by atoms with van der Waals surface area (Å²) in [5.41, 5.74) is 4.68. The Morgan fingerprint density at radius 3 is 1.50 bits per heavy atom. The van der Waals surface area contributed by atoms with Gasteiger partial charge in [0.2, 0.25) is 0 Å². The van der Waals surface area contributed by atoms with E-state index < -0.39 is 0 Å². The summed E-state index contributed by atoms with van der Waals surface area (Å²) in [5.74, 6) is 0. The summed E-state index contributed by atoms with van der Waals surface area (Å²) >= 11 is 5.08. The first-order chi connectivity index (χ1) is 20.7. The van der Waals surface area contributed by atoms with Crippen LogP contribution in [0.15, 0.2) is 127 Å². The lowest BCUT2D eigenvalue weighted by atomic mass is 10.1. The molecule has 0 aliphatic rings. The van der Waals surface area contributed by atoms with E-state index in [4.69, 9.17) is 10.5 Å². The molecule has 0 saturated carbocycles. The van der Waals surface area contributed by atoms with Crippen molar-refractivity contribution in [3.8, 4) is 32.3 Å². The van der Waals surface area contributed by atoms with Crippen molar-refractivity contribution in [1.82, 2.24) is 0 Å². The molecule has 3 aromatic heterocycles. The molecule has 3 aromatic carbocycles. The maximum absolute atomic E-state index is 9.00. The number of benzene rings is 3. The number of rotatable bonds is 8. The number of allylic oxidation sites excluding steroid dienone is 1. The van der Waals surface area contributed by atoms with Gasteiger partial charge in [-0.05, 0) is 96.6 Å². The molecule has 3 heterocycles. The molecule has 0 atom stereocenters. The highest BCUT2D eigenvalue weighted by molar-refractivity contribution is 7.23. The number of para-hydroxylation sites is 2. The Hall–Kier alpha value is -4.98. The number of hydrogen-bond acceptors (Lipinski definition) is 6. The van der Waals surface area contributed by atoms with Crippen LogP contribution in [0.4, 0.5) is 17.1 Å². The summed E-state index contributed by atoms with van der Waals surface area (Å²) in [6.45, 7) is 0. The highest BCUT2D eigenvalue weighted by Gasteiger charge is 2.12. The van der Waals surface area contributed by atoms with Crippen molar-refractivity contribution >= 4 is 69.3 Å². The Balaban J connectivity index is 1.17. The van der Waals surface area contributed by atoms with E-state index in [-0.39, 0.29) is 5.57 Å². The van der Waals surface area contributed by atoms with Gasteiger partial charge in [-0.15, -0.1) is 34.0 Å². The van der Waals surface area contributed by atoms with E-state index in [1.807, 2.05) is 36.4 Å². The highest BCUT2D eigenvalue weighted by Crippen LogP contribution is 2.38. The van der Waals surface area contributed by atoms with Crippen LogP contribution in [0, 0.1) is 22.7 Å². The van der Waals surface area contributed by atoms with Gasteiger partial charge in [0.25, 0.3) is 0 Å². The van der Waals surface area contributed by atoms with E-state index in [1.54, 1.807) is 40.1 Å². The van der Waals surface area contributed by atoms with Crippen LogP contribution in [-0.4, -0.2) is 0 Å². The molecule has 0 radical (unpaired) electrons. The van der Waals surface area contributed by atoms with Gasteiger partial charge in [-0.2, -0.15) is 10.5 Å². The lowest BCUT2D eigenvalue weighted by molar-refractivity contribution is 1.28. The molecule has 6 aromatic rings. The molecule has 200 valence electrons. The Morgan fingerprint density at radius 1 is 0.500 bits per heavy atom. The van der Waals surface area contributed by atoms with Crippen LogP contribution >= 0.6 is 34.0 Å². The second kappa shape index (κ2) is 12.7. The predicted molar refractivity (Wildman–Crippen MR) is 180 cm³/mol. The highest BCUT2D eigenvalue weighted by atomic mass is 32.1.